The van der Waals surface area contributed by atoms with Gasteiger partial charge in [0.05, 0.1) is 26.7 Å². The molecule has 0 radical (unpaired) electrons. The summed E-state index contributed by atoms with van der Waals surface area (Å²) in [5.41, 5.74) is 0.959. The first-order chi connectivity index (χ1) is 12.8. The Labute approximate surface area is 171 Å². The Morgan fingerprint density at radius 3 is 2.15 bits per heavy atom. The molecule has 2 aromatic carbocycles. The molecular weight excluding hydrogens is 486 g/mol. The molecule has 27 heavy (non-hydrogen) atoms. The summed E-state index contributed by atoms with van der Waals surface area (Å²) in [5.74, 6) is -1.61. The summed E-state index contributed by atoms with van der Waals surface area (Å²) in [6, 6.07) is 9.02. The number of halogens is 2. The molecule has 0 aliphatic carbocycles. The van der Waals surface area contributed by atoms with E-state index in [0.29, 0.717) is 25.9 Å². The molecule has 0 fully saturated rings. The lowest BCUT2D eigenvalue weighted by Gasteiger charge is -2.11. The zero-order valence-corrected chi connectivity index (χ0v) is 17.3. The Kier molecular flexibility index (Phi) is 7.37. The molecule has 0 unspecified atom stereocenters. The number of amides is 1. The van der Waals surface area contributed by atoms with Crippen LogP contribution in [0.5, 0.6) is 5.75 Å². The van der Waals surface area contributed by atoms with Crippen molar-refractivity contribution in [1.29, 1.82) is 0 Å². The van der Waals surface area contributed by atoms with Crippen molar-refractivity contribution in [2.24, 2.45) is 0 Å². The Bertz CT molecular complexity index is 844. The number of aromatic carboxylic acids is 1. The van der Waals surface area contributed by atoms with Crippen LogP contribution in [0.1, 0.15) is 27.6 Å². The highest BCUT2D eigenvalue weighted by Gasteiger charge is 2.14. The van der Waals surface area contributed by atoms with E-state index in [9.17, 15) is 14.4 Å². The molecule has 2 N–H and O–H groups in total. The largest absolute Gasteiger partial charge is 0.481 e. The Morgan fingerprint density at radius 1 is 1.04 bits per heavy atom. The molecule has 2 aromatic rings. The minimum Gasteiger partial charge on any atom is -0.481 e. The first-order valence-corrected chi connectivity index (χ1v) is 9.32. The number of carboxylic acid groups (broad SMARTS) is 1. The number of esters is 1. The van der Waals surface area contributed by atoms with Crippen molar-refractivity contribution < 1.29 is 29.0 Å². The maximum Gasteiger partial charge on any atom is 0.338 e. The number of carboxylic acids is 1. The third kappa shape index (κ3) is 5.80. The standard InChI is InChI=1S/C18H15Br2NO6/c1-2-26-18(25)10-3-5-12(6-4-10)21-15(22)9-27-16-13(19)7-11(17(23)24)8-14(16)20/h3-8H,2,9H2,1H3,(H,21,22)(H,23,24). The summed E-state index contributed by atoms with van der Waals surface area (Å²) in [6.07, 6.45) is 0. The smallest absolute Gasteiger partial charge is 0.338 e. The first kappa shape index (κ1) is 20.9. The van der Waals surface area contributed by atoms with Crippen LogP contribution >= 0.6 is 31.9 Å². The molecule has 0 bridgehead atoms. The average Bonchev–Trinajstić information content (AvgIpc) is 2.61. The first-order valence-electron chi connectivity index (χ1n) is 7.74. The van der Waals surface area contributed by atoms with Gasteiger partial charge in [-0.05, 0) is 75.2 Å². The number of carbonyl (C=O) groups is 3. The number of benzene rings is 2. The summed E-state index contributed by atoms with van der Waals surface area (Å²) >= 11 is 6.45. The van der Waals surface area contributed by atoms with Crippen LogP contribution in [0, 0.1) is 0 Å². The summed E-state index contributed by atoms with van der Waals surface area (Å²) in [5, 5.41) is 11.7. The average molecular weight is 501 g/mol. The van der Waals surface area contributed by atoms with Crippen LogP contribution in [0.2, 0.25) is 0 Å². The van der Waals surface area contributed by atoms with Crippen molar-refractivity contribution in [3.63, 3.8) is 0 Å². The highest BCUT2D eigenvalue weighted by Crippen LogP contribution is 2.34. The Balaban J connectivity index is 1.97. The molecule has 0 aliphatic heterocycles. The van der Waals surface area contributed by atoms with Gasteiger partial charge in [-0.15, -0.1) is 0 Å². The monoisotopic (exact) mass is 499 g/mol. The summed E-state index contributed by atoms with van der Waals surface area (Å²) < 4.78 is 11.2. The van der Waals surface area contributed by atoms with Gasteiger partial charge in [-0.3, -0.25) is 4.79 Å². The van der Waals surface area contributed by atoms with Gasteiger partial charge < -0.3 is 19.9 Å². The number of ether oxygens (including phenoxy) is 2. The molecule has 7 nitrogen and oxygen atoms in total. The maximum absolute atomic E-state index is 12.1. The quantitative estimate of drug-likeness (QED) is 0.555. The highest BCUT2D eigenvalue weighted by atomic mass is 79.9. The number of nitrogens with one attached hydrogen (secondary N) is 1. The Morgan fingerprint density at radius 2 is 1.63 bits per heavy atom. The van der Waals surface area contributed by atoms with Crippen molar-refractivity contribution in [1.82, 2.24) is 0 Å². The number of hydrogen-bond donors (Lipinski definition) is 2. The molecule has 142 valence electrons. The molecule has 0 atom stereocenters. The van der Waals surface area contributed by atoms with Gasteiger partial charge in [0.2, 0.25) is 0 Å². The van der Waals surface area contributed by atoms with Crippen LogP contribution in [0.15, 0.2) is 45.3 Å². The van der Waals surface area contributed by atoms with Crippen molar-refractivity contribution in [2.45, 2.75) is 6.92 Å². The minimum atomic E-state index is -1.08. The van der Waals surface area contributed by atoms with E-state index in [1.807, 2.05) is 0 Å². The van der Waals surface area contributed by atoms with Crippen LogP contribution in [-0.4, -0.2) is 36.2 Å². The number of hydrogen-bond acceptors (Lipinski definition) is 5. The van der Waals surface area contributed by atoms with Crippen LogP contribution in [0.25, 0.3) is 0 Å². The fourth-order valence-corrected chi connectivity index (χ4v) is 3.48. The third-order valence-corrected chi connectivity index (χ3v) is 4.45. The molecule has 0 aliphatic rings. The second-order valence-corrected chi connectivity index (χ2v) is 6.92. The minimum absolute atomic E-state index is 0.0761. The molecule has 0 spiro atoms. The second-order valence-electron chi connectivity index (χ2n) is 5.21. The molecular formula is C18H15Br2NO6. The van der Waals surface area contributed by atoms with Gasteiger partial charge in [-0.2, -0.15) is 0 Å². The van der Waals surface area contributed by atoms with Gasteiger partial charge >= 0.3 is 11.9 Å². The molecule has 1 amide bonds. The van der Waals surface area contributed by atoms with Crippen LogP contribution in [0.4, 0.5) is 5.69 Å². The van der Waals surface area contributed by atoms with E-state index in [0.717, 1.165) is 0 Å². The van der Waals surface area contributed by atoms with Gasteiger partial charge in [0, 0.05) is 5.69 Å². The number of anilines is 1. The zero-order valence-electron chi connectivity index (χ0n) is 14.1. The SMILES string of the molecule is CCOC(=O)c1ccc(NC(=O)COc2c(Br)cc(C(=O)O)cc2Br)cc1. The lowest BCUT2D eigenvalue weighted by molar-refractivity contribution is -0.118. The fourth-order valence-electron chi connectivity index (χ4n) is 2.06. The van der Waals surface area contributed by atoms with E-state index in [4.69, 9.17) is 14.6 Å². The maximum atomic E-state index is 12.1. The van der Waals surface area contributed by atoms with E-state index in [-0.39, 0.29) is 18.8 Å². The lowest BCUT2D eigenvalue weighted by Crippen LogP contribution is -2.20. The molecule has 0 saturated heterocycles. The topological polar surface area (TPSA) is 102 Å². The number of carbonyl (C=O) groups excluding carboxylic acids is 2. The predicted molar refractivity (Wildman–Crippen MR) is 105 cm³/mol. The predicted octanol–water partition coefficient (Wildman–Crippen LogP) is 4.10. The third-order valence-electron chi connectivity index (χ3n) is 3.27. The van der Waals surface area contributed by atoms with E-state index >= 15 is 0 Å². The normalized spacial score (nSPS) is 10.2. The highest BCUT2D eigenvalue weighted by molar-refractivity contribution is 9.11. The molecule has 9 heteroatoms. The Hall–Kier alpha value is -2.39. The van der Waals surface area contributed by atoms with Crippen molar-refractivity contribution in [3.8, 4) is 5.75 Å². The second kappa shape index (κ2) is 9.52. The van der Waals surface area contributed by atoms with E-state index in [2.05, 4.69) is 37.2 Å². The molecule has 0 aromatic heterocycles. The van der Waals surface area contributed by atoms with Gasteiger partial charge in [-0.25, -0.2) is 9.59 Å². The molecule has 0 saturated carbocycles. The van der Waals surface area contributed by atoms with Crippen molar-refractivity contribution in [3.05, 3.63) is 56.5 Å². The van der Waals surface area contributed by atoms with E-state index < -0.39 is 17.8 Å². The number of rotatable bonds is 7. The van der Waals surface area contributed by atoms with Gasteiger partial charge in [0.25, 0.3) is 5.91 Å². The van der Waals surface area contributed by atoms with Crippen LogP contribution in [-0.2, 0) is 9.53 Å². The van der Waals surface area contributed by atoms with E-state index in [1.165, 1.54) is 12.1 Å². The van der Waals surface area contributed by atoms with Gasteiger partial charge in [0.1, 0.15) is 5.75 Å². The zero-order chi connectivity index (χ0) is 20.0. The van der Waals surface area contributed by atoms with Gasteiger partial charge in [0.15, 0.2) is 6.61 Å². The van der Waals surface area contributed by atoms with Crippen molar-refractivity contribution in [2.75, 3.05) is 18.5 Å². The van der Waals surface area contributed by atoms with E-state index in [1.54, 1.807) is 31.2 Å². The summed E-state index contributed by atoms with van der Waals surface area (Å²) in [6.45, 7) is 1.72. The fraction of sp³-hybridized carbons (Fsp3) is 0.167. The molecule has 0 heterocycles. The molecule has 2 rings (SSSR count). The lowest BCUT2D eigenvalue weighted by atomic mass is 10.2. The summed E-state index contributed by atoms with van der Waals surface area (Å²) in [4.78, 5) is 34.7. The summed E-state index contributed by atoms with van der Waals surface area (Å²) in [7, 11) is 0. The van der Waals surface area contributed by atoms with Crippen molar-refractivity contribution >= 4 is 55.4 Å². The van der Waals surface area contributed by atoms with Gasteiger partial charge in [-0.1, -0.05) is 0 Å². The van der Waals surface area contributed by atoms with Crippen LogP contribution < -0.4 is 10.1 Å². The van der Waals surface area contributed by atoms with Crippen LogP contribution in [0.3, 0.4) is 0 Å².